The summed E-state index contributed by atoms with van der Waals surface area (Å²) in [4.78, 5) is 11.2. The van der Waals surface area contributed by atoms with Gasteiger partial charge in [-0.3, -0.25) is 4.90 Å². The average Bonchev–Trinajstić information content (AvgIpc) is 3.05. The number of imidazole rings is 1. The lowest BCUT2D eigenvalue weighted by molar-refractivity contribution is 0.136. The van der Waals surface area contributed by atoms with Crippen LogP contribution in [-0.2, 0) is 19.5 Å². The fraction of sp³-hybridized carbons (Fsp3) is 0.615. The van der Waals surface area contributed by atoms with Crippen molar-refractivity contribution in [1.82, 2.24) is 24.6 Å². The zero-order valence-electron chi connectivity index (χ0n) is 11.4. The normalized spacial score (nSPS) is 17.4. The Morgan fingerprint density at radius 2 is 2.32 bits per heavy atom. The molecule has 0 bridgehead atoms. The Morgan fingerprint density at radius 1 is 1.42 bits per heavy atom. The second-order valence-electron chi connectivity index (χ2n) is 4.98. The number of rotatable bonds is 4. The van der Waals surface area contributed by atoms with E-state index in [0.717, 1.165) is 44.1 Å². The molecule has 0 radical (unpaired) electrons. The molecule has 6 nitrogen and oxygen atoms in total. The van der Waals surface area contributed by atoms with Crippen molar-refractivity contribution in [3.8, 4) is 0 Å². The molecule has 0 saturated heterocycles. The van der Waals surface area contributed by atoms with Crippen LogP contribution in [0, 0.1) is 0 Å². The summed E-state index contributed by atoms with van der Waals surface area (Å²) in [6.07, 6.45) is 5.80. The molecule has 0 spiro atoms. The molecule has 102 valence electrons. The Balaban J connectivity index is 1.72. The predicted octanol–water partition coefficient (Wildman–Crippen LogP) is 1.80. The van der Waals surface area contributed by atoms with Crippen LogP contribution in [-0.4, -0.2) is 31.1 Å². The van der Waals surface area contributed by atoms with Gasteiger partial charge in [0.05, 0.1) is 12.6 Å². The lowest BCUT2D eigenvalue weighted by Gasteiger charge is -2.30. The van der Waals surface area contributed by atoms with Gasteiger partial charge in [-0.1, -0.05) is 12.1 Å². The monoisotopic (exact) mass is 261 g/mol. The fourth-order valence-electron chi connectivity index (χ4n) is 2.44. The molecule has 6 heteroatoms. The first-order valence-corrected chi connectivity index (χ1v) is 6.84. The molecule has 3 heterocycles. The molecule has 0 aromatic carbocycles. The zero-order valence-corrected chi connectivity index (χ0v) is 11.4. The Labute approximate surface area is 112 Å². The average molecular weight is 261 g/mol. The highest BCUT2D eigenvalue weighted by atomic mass is 16.5. The predicted molar refractivity (Wildman–Crippen MR) is 69.3 cm³/mol. The molecule has 1 aliphatic heterocycles. The van der Waals surface area contributed by atoms with Crippen LogP contribution in [0.1, 0.15) is 43.8 Å². The molecule has 19 heavy (non-hydrogen) atoms. The molecule has 2 aromatic heterocycles. The quantitative estimate of drug-likeness (QED) is 0.839. The van der Waals surface area contributed by atoms with Crippen molar-refractivity contribution in [3.05, 3.63) is 29.9 Å². The molecule has 0 fully saturated rings. The van der Waals surface area contributed by atoms with Crippen LogP contribution in [0.25, 0.3) is 0 Å². The zero-order chi connectivity index (χ0) is 13.2. The number of fused-ring (bicyclic) bond motifs is 1. The molecule has 3 rings (SSSR count). The second-order valence-corrected chi connectivity index (χ2v) is 4.98. The first-order chi connectivity index (χ1) is 9.28. The summed E-state index contributed by atoms with van der Waals surface area (Å²) in [6.45, 7) is 7.01. The molecule has 1 aliphatic rings. The van der Waals surface area contributed by atoms with E-state index in [4.69, 9.17) is 4.52 Å². The number of hydrogen-bond acceptors (Lipinski definition) is 5. The van der Waals surface area contributed by atoms with Crippen molar-refractivity contribution in [2.45, 2.75) is 45.8 Å². The fourth-order valence-corrected chi connectivity index (χ4v) is 2.44. The van der Waals surface area contributed by atoms with Crippen molar-refractivity contribution in [2.24, 2.45) is 0 Å². The van der Waals surface area contributed by atoms with Crippen LogP contribution in [0.3, 0.4) is 0 Å². The summed E-state index contributed by atoms with van der Waals surface area (Å²) >= 11 is 0. The van der Waals surface area contributed by atoms with Crippen molar-refractivity contribution in [3.63, 3.8) is 0 Å². The number of aryl methyl sites for hydroxylation is 1. The van der Waals surface area contributed by atoms with Crippen LogP contribution in [0.15, 0.2) is 16.9 Å². The van der Waals surface area contributed by atoms with E-state index in [-0.39, 0.29) is 6.04 Å². The largest absolute Gasteiger partial charge is 0.338 e. The third-order valence-corrected chi connectivity index (χ3v) is 3.64. The summed E-state index contributed by atoms with van der Waals surface area (Å²) in [7, 11) is 0. The van der Waals surface area contributed by atoms with Gasteiger partial charge < -0.3 is 9.09 Å². The van der Waals surface area contributed by atoms with Gasteiger partial charge in [-0.05, 0) is 13.3 Å². The SMILES string of the molecule is CCCc1noc([C@@H](C)N2CCn3ccnc3C2)n1. The van der Waals surface area contributed by atoms with E-state index in [0.29, 0.717) is 5.89 Å². The summed E-state index contributed by atoms with van der Waals surface area (Å²) in [5.41, 5.74) is 0. The number of aromatic nitrogens is 4. The minimum absolute atomic E-state index is 0.142. The Kier molecular flexibility index (Phi) is 3.33. The highest BCUT2D eigenvalue weighted by Gasteiger charge is 2.25. The van der Waals surface area contributed by atoms with Crippen LogP contribution < -0.4 is 0 Å². The van der Waals surface area contributed by atoms with Gasteiger partial charge >= 0.3 is 0 Å². The van der Waals surface area contributed by atoms with E-state index in [1.807, 2.05) is 12.4 Å². The summed E-state index contributed by atoms with van der Waals surface area (Å²) < 4.78 is 7.57. The van der Waals surface area contributed by atoms with Crippen LogP contribution >= 0.6 is 0 Å². The highest BCUT2D eigenvalue weighted by Crippen LogP contribution is 2.23. The maximum atomic E-state index is 5.37. The maximum absolute atomic E-state index is 5.37. The Morgan fingerprint density at radius 3 is 3.16 bits per heavy atom. The molecule has 0 N–H and O–H groups in total. The molecule has 2 aromatic rings. The van der Waals surface area contributed by atoms with Crippen LogP contribution in [0.5, 0.6) is 0 Å². The highest BCUT2D eigenvalue weighted by molar-refractivity contribution is 4.99. The first-order valence-electron chi connectivity index (χ1n) is 6.84. The Hall–Kier alpha value is -1.69. The molecular formula is C13H19N5O. The van der Waals surface area contributed by atoms with Crippen molar-refractivity contribution in [2.75, 3.05) is 6.54 Å². The molecule has 0 aliphatic carbocycles. The minimum atomic E-state index is 0.142. The van der Waals surface area contributed by atoms with E-state index in [1.54, 1.807) is 0 Å². The lowest BCUT2D eigenvalue weighted by atomic mass is 10.2. The van der Waals surface area contributed by atoms with Gasteiger partial charge in [0, 0.05) is 31.9 Å². The van der Waals surface area contributed by atoms with E-state index in [9.17, 15) is 0 Å². The smallest absolute Gasteiger partial charge is 0.243 e. The van der Waals surface area contributed by atoms with E-state index < -0.39 is 0 Å². The van der Waals surface area contributed by atoms with E-state index >= 15 is 0 Å². The van der Waals surface area contributed by atoms with E-state index in [1.165, 1.54) is 0 Å². The van der Waals surface area contributed by atoms with Crippen LogP contribution in [0.4, 0.5) is 0 Å². The van der Waals surface area contributed by atoms with Crippen molar-refractivity contribution < 1.29 is 4.52 Å². The topological polar surface area (TPSA) is 60.0 Å². The summed E-state index contributed by atoms with van der Waals surface area (Å²) in [5.74, 6) is 2.62. The minimum Gasteiger partial charge on any atom is -0.338 e. The molecule has 0 amide bonds. The molecule has 0 saturated carbocycles. The third-order valence-electron chi connectivity index (χ3n) is 3.64. The van der Waals surface area contributed by atoms with Crippen molar-refractivity contribution >= 4 is 0 Å². The lowest BCUT2D eigenvalue weighted by Crippen LogP contribution is -2.35. The second kappa shape index (κ2) is 5.13. The maximum Gasteiger partial charge on any atom is 0.243 e. The van der Waals surface area contributed by atoms with E-state index in [2.05, 4.69) is 38.4 Å². The third kappa shape index (κ3) is 2.40. The number of hydrogen-bond donors (Lipinski definition) is 0. The van der Waals surface area contributed by atoms with Gasteiger partial charge in [-0.15, -0.1) is 0 Å². The first kappa shape index (κ1) is 12.3. The van der Waals surface area contributed by atoms with Gasteiger partial charge in [0.15, 0.2) is 5.82 Å². The standard InChI is InChI=1S/C13H19N5O/c1-3-4-11-15-13(19-16-11)10(2)18-8-7-17-6-5-14-12(17)9-18/h5-6,10H,3-4,7-9H2,1-2H3/t10-/m1/s1. The van der Waals surface area contributed by atoms with Gasteiger partial charge in [0.2, 0.25) is 5.89 Å². The van der Waals surface area contributed by atoms with Gasteiger partial charge in [0.1, 0.15) is 5.82 Å². The van der Waals surface area contributed by atoms with Gasteiger partial charge in [0.25, 0.3) is 0 Å². The summed E-state index contributed by atoms with van der Waals surface area (Å²) in [6, 6.07) is 0.142. The molecular weight excluding hydrogens is 242 g/mol. The van der Waals surface area contributed by atoms with Crippen molar-refractivity contribution in [1.29, 1.82) is 0 Å². The van der Waals surface area contributed by atoms with Gasteiger partial charge in [-0.2, -0.15) is 4.98 Å². The summed E-state index contributed by atoms with van der Waals surface area (Å²) in [5, 5.41) is 4.02. The molecule has 0 unspecified atom stereocenters. The number of nitrogens with zero attached hydrogens (tertiary/aromatic N) is 5. The molecule has 1 atom stereocenters. The van der Waals surface area contributed by atoms with Crippen LogP contribution in [0.2, 0.25) is 0 Å². The Bertz CT molecular complexity index is 547. The van der Waals surface area contributed by atoms with Gasteiger partial charge in [-0.25, -0.2) is 4.98 Å².